The second-order valence-electron chi connectivity index (χ2n) is 5.31. The second-order valence-corrected chi connectivity index (χ2v) is 5.31. The van der Waals surface area contributed by atoms with Crippen LogP contribution in [0.2, 0.25) is 0 Å². The molecule has 1 aromatic carbocycles. The highest BCUT2D eigenvalue weighted by molar-refractivity contribution is 6.17. The molecule has 0 aliphatic carbocycles. The number of nitrogens with zero attached hydrogens (tertiary/aromatic N) is 2. The molecule has 1 amide bonds. The number of amides is 1. The molecule has 1 aliphatic rings. The van der Waals surface area contributed by atoms with E-state index in [-0.39, 0.29) is 11.7 Å². The molecule has 2 aromatic heterocycles. The number of imidazole rings is 1. The zero-order valence-corrected chi connectivity index (χ0v) is 11.8. The number of pyridine rings is 1. The molecule has 6 nitrogen and oxygen atoms in total. The Morgan fingerprint density at radius 2 is 2.00 bits per heavy atom. The van der Waals surface area contributed by atoms with Crippen LogP contribution in [0.15, 0.2) is 36.7 Å². The molecule has 0 radical (unpaired) electrons. The normalized spacial score (nSPS) is 16.6. The molecule has 0 saturated carbocycles. The van der Waals surface area contributed by atoms with Crippen molar-refractivity contribution in [3.63, 3.8) is 0 Å². The van der Waals surface area contributed by atoms with Gasteiger partial charge in [0.1, 0.15) is 17.5 Å². The number of H-pyrrole nitrogens is 1. The summed E-state index contributed by atoms with van der Waals surface area (Å²) in [5.74, 6) is -0.437. The molecule has 0 bridgehead atoms. The molecule has 108 valence electrons. The van der Waals surface area contributed by atoms with E-state index < -0.39 is 5.92 Å². The molecule has 4 rings (SSSR count). The number of fused-ring (bicyclic) bond motifs is 2. The van der Waals surface area contributed by atoms with Gasteiger partial charge in [0.15, 0.2) is 0 Å². The maximum Gasteiger partial charge on any atom is 0.239 e. The van der Waals surface area contributed by atoms with Crippen molar-refractivity contribution in [1.82, 2.24) is 15.0 Å². The van der Waals surface area contributed by atoms with Gasteiger partial charge in [0.2, 0.25) is 5.91 Å². The lowest BCUT2D eigenvalue weighted by Gasteiger charge is -2.03. The van der Waals surface area contributed by atoms with Crippen LogP contribution in [0.4, 0.5) is 5.69 Å². The standard InChI is InChI=1S/C16H12N4O2/c1-8(21)14-10-6-12-13(7-11(10)20-16(14)22)19-15(18-12)9-2-4-17-5-3-9/h2-7,14H,1H3,(H,18,19)(H,20,22). The molecule has 0 spiro atoms. The summed E-state index contributed by atoms with van der Waals surface area (Å²) in [6.07, 6.45) is 3.41. The number of rotatable bonds is 2. The number of aromatic amines is 1. The summed E-state index contributed by atoms with van der Waals surface area (Å²) in [5.41, 5.74) is 3.84. The maximum atomic E-state index is 11.9. The zero-order valence-electron chi connectivity index (χ0n) is 11.8. The Morgan fingerprint density at radius 1 is 1.23 bits per heavy atom. The van der Waals surface area contributed by atoms with Gasteiger partial charge in [-0.1, -0.05) is 0 Å². The van der Waals surface area contributed by atoms with Crippen molar-refractivity contribution in [2.45, 2.75) is 12.8 Å². The van der Waals surface area contributed by atoms with Crippen LogP contribution < -0.4 is 5.32 Å². The number of hydrogen-bond acceptors (Lipinski definition) is 4. The van der Waals surface area contributed by atoms with Gasteiger partial charge in [-0.25, -0.2) is 4.98 Å². The zero-order chi connectivity index (χ0) is 15.3. The number of anilines is 1. The van der Waals surface area contributed by atoms with E-state index in [9.17, 15) is 9.59 Å². The van der Waals surface area contributed by atoms with Crippen LogP contribution in [0.3, 0.4) is 0 Å². The third kappa shape index (κ3) is 1.81. The predicted molar refractivity (Wildman–Crippen MR) is 81.4 cm³/mol. The number of benzene rings is 1. The van der Waals surface area contributed by atoms with Crippen LogP contribution >= 0.6 is 0 Å². The molecule has 3 aromatic rings. The number of carbonyl (C=O) groups is 2. The quantitative estimate of drug-likeness (QED) is 0.709. The molecule has 1 aliphatic heterocycles. The van der Waals surface area contributed by atoms with E-state index in [4.69, 9.17) is 0 Å². The van der Waals surface area contributed by atoms with Gasteiger partial charge in [0.05, 0.1) is 11.0 Å². The Balaban J connectivity index is 1.87. The van der Waals surface area contributed by atoms with E-state index in [2.05, 4.69) is 20.3 Å². The van der Waals surface area contributed by atoms with Crippen molar-refractivity contribution in [1.29, 1.82) is 0 Å². The molecule has 2 N–H and O–H groups in total. The van der Waals surface area contributed by atoms with Crippen LogP contribution in [0.25, 0.3) is 22.4 Å². The molecular weight excluding hydrogens is 280 g/mol. The van der Waals surface area contributed by atoms with Gasteiger partial charge in [0, 0.05) is 23.6 Å². The fraction of sp³-hybridized carbons (Fsp3) is 0.125. The summed E-state index contributed by atoms with van der Waals surface area (Å²) in [4.78, 5) is 35.3. The Hall–Kier alpha value is -3.02. The predicted octanol–water partition coefficient (Wildman–Crippen LogP) is 2.25. The molecular formula is C16H12N4O2. The average Bonchev–Trinajstić information content (AvgIpc) is 3.04. The lowest BCUT2D eigenvalue weighted by Crippen LogP contribution is -2.18. The third-order valence-electron chi connectivity index (χ3n) is 3.84. The molecule has 3 heterocycles. The third-order valence-corrected chi connectivity index (χ3v) is 3.84. The van der Waals surface area contributed by atoms with Crippen molar-refractivity contribution < 1.29 is 9.59 Å². The van der Waals surface area contributed by atoms with Crippen molar-refractivity contribution in [2.24, 2.45) is 0 Å². The Bertz CT molecular complexity index is 915. The molecule has 0 saturated heterocycles. The minimum absolute atomic E-state index is 0.163. The SMILES string of the molecule is CC(=O)C1C(=O)Nc2cc3nc(-c4ccncc4)[nH]c3cc21. The summed E-state index contributed by atoms with van der Waals surface area (Å²) in [6, 6.07) is 7.36. The molecule has 0 fully saturated rings. The molecule has 22 heavy (non-hydrogen) atoms. The average molecular weight is 292 g/mol. The van der Waals surface area contributed by atoms with E-state index in [1.807, 2.05) is 18.2 Å². The fourth-order valence-electron chi connectivity index (χ4n) is 2.82. The van der Waals surface area contributed by atoms with Gasteiger partial charge in [-0.15, -0.1) is 0 Å². The highest BCUT2D eigenvalue weighted by Crippen LogP contribution is 2.36. The van der Waals surface area contributed by atoms with Gasteiger partial charge in [-0.2, -0.15) is 0 Å². The first-order valence-corrected chi connectivity index (χ1v) is 6.89. The number of carbonyl (C=O) groups excluding carboxylic acids is 2. The van der Waals surface area contributed by atoms with E-state index in [0.717, 1.165) is 22.4 Å². The molecule has 6 heteroatoms. The largest absolute Gasteiger partial charge is 0.338 e. The first-order chi connectivity index (χ1) is 10.6. The fourth-order valence-corrected chi connectivity index (χ4v) is 2.82. The number of Topliss-reactive ketones (excluding diaryl/α,β-unsaturated/α-hetero) is 1. The maximum absolute atomic E-state index is 11.9. The Kier molecular flexibility index (Phi) is 2.59. The lowest BCUT2D eigenvalue weighted by molar-refractivity contribution is -0.125. The first-order valence-electron chi connectivity index (χ1n) is 6.89. The molecule has 1 atom stereocenters. The van der Waals surface area contributed by atoms with Gasteiger partial charge in [-0.05, 0) is 36.8 Å². The summed E-state index contributed by atoms with van der Waals surface area (Å²) in [5, 5.41) is 2.75. The highest BCUT2D eigenvalue weighted by atomic mass is 16.2. The Labute approximate surface area is 125 Å². The van der Waals surface area contributed by atoms with Crippen LogP contribution in [-0.4, -0.2) is 26.6 Å². The van der Waals surface area contributed by atoms with Gasteiger partial charge in [-0.3, -0.25) is 14.6 Å². The number of nitrogens with one attached hydrogen (secondary N) is 2. The second kappa shape index (κ2) is 4.49. The summed E-state index contributed by atoms with van der Waals surface area (Å²) in [7, 11) is 0. The summed E-state index contributed by atoms with van der Waals surface area (Å²) >= 11 is 0. The van der Waals surface area contributed by atoms with E-state index >= 15 is 0 Å². The van der Waals surface area contributed by atoms with Crippen molar-refractivity contribution in [3.05, 3.63) is 42.2 Å². The topological polar surface area (TPSA) is 87.7 Å². The van der Waals surface area contributed by atoms with E-state index in [1.165, 1.54) is 6.92 Å². The lowest BCUT2D eigenvalue weighted by atomic mass is 9.97. The van der Waals surface area contributed by atoms with E-state index in [1.54, 1.807) is 18.5 Å². The minimum atomic E-state index is -0.730. The van der Waals surface area contributed by atoms with Crippen molar-refractivity contribution >= 4 is 28.4 Å². The smallest absolute Gasteiger partial charge is 0.239 e. The van der Waals surface area contributed by atoms with Crippen LogP contribution in [0.1, 0.15) is 18.4 Å². The van der Waals surface area contributed by atoms with Crippen molar-refractivity contribution in [2.75, 3.05) is 5.32 Å². The summed E-state index contributed by atoms with van der Waals surface area (Å²) in [6.45, 7) is 1.43. The van der Waals surface area contributed by atoms with Gasteiger partial charge < -0.3 is 10.3 Å². The highest BCUT2D eigenvalue weighted by Gasteiger charge is 2.34. The molecule has 1 unspecified atom stereocenters. The van der Waals surface area contributed by atoms with Crippen LogP contribution in [0, 0.1) is 0 Å². The monoisotopic (exact) mass is 292 g/mol. The van der Waals surface area contributed by atoms with Crippen molar-refractivity contribution in [3.8, 4) is 11.4 Å². The first kappa shape index (κ1) is 12.7. The summed E-state index contributed by atoms with van der Waals surface area (Å²) < 4.78 is 0. The number of aromatic nitrogens is 3. The van der Waals surface area contributed by atoms with Crippen LogP contribution in [-0.2, 0) is 9.59 Å². The number of hydrogen-bond donors (Lipinski definition) is 2. The Morgan fingerprint density at radius 3 is 2.73 bits per heavy atom. The van der Waals surface area contributed by atoms with Gasteiger partial charge in [0.25, 0.3) is 0 Å². The van der Waals surface area contributed by atoms with Crippen LogP contribution in [0.5, 0.6) is 0 Å². The van der Waals surface area contributed by atoms with E-state index in [0.29, 0.717) is 11.3 Å². The minimum Gasteiger partial charge on any atom is -0.338 e. The number of ketones is 1. The van der Waals surface area contributed by atoms with Gasteiger partial charge >= 0.3 is 0 Å².